The number of carboxylic acids is 1. The lowest BCUT2D eigenvalue weighted by Crippen LogP contribution is -2.71. The van der Waals surface area contributed by atoms with E-state index in [0.717, 1.165) is 41.0 Å². The van der Waals surface area contributed by atoms with E-state index in [2.05, 4.69) is 15.5 Å². The summed E-state index contributed by atoms with van der Waals surface area (Å²) in [6.45, 7) is 2.96. The molecule has 6 rings (SSSR count). The average molecular weight is 524 g/mol. The molecule has 0 radical (unpaired) electrons. The van der Waals surface area contributed by atoms with Crippen LogP contribution in [-0.2, 0) is 19.2 Å². The number of thiazole rings is 1. The zero-order valence-corrected chi connectivity index (χ0v) is 20.7. The maximum atomic E-state index is 13.1. The van der Waals surface area contributed by atoms with E-state index in [1.807, 2.05) is 0 Å². The van der Waals surface area contributed by atoms with Gasteiger partial charge in [-0.05, 0) is 0 Å². The zero-order chi connectivity index (χ0) is 25.0. The van der Waals surface area contributed by atoms with Crippen LogP contribution in [0.25, 0.3) is 0 Å². The van der Waals surface area contributed by atoms with Gasteiger partial charge in [0, 0.05) is 36.0 Å². The minimum atomic E-state index is -1.15. The topological polar surface area (TPSA) is 167 Å². The molecule has 1 aromatic heterocycles. The van der Waals surface area contributed by atoms with Gasteiger partial charge in [-0.2, -0.15) is 0 Å². The molecule has 6 heterocycles. The van der Waals surface area contributed by atoms with Crippen molar-refractivity contribution in [3.8, 4) is 0 Å². The Balaban J connectivity index is 1.33. The van der Waals surface area contributed by atoms with E-state index < -0.39 is 34.8 Å². The fourth-order valence-corrected chi connectivity index (χ4v) is 7.28. The summed E-state index contributed by atoms with van der Waals surface area (Å²) in [5.41, 5.74) is 5.92. The van der Waals surface area contributed by atoms with E-state index in [1.54, 1.807) is 5.38 Å². The second kappa shape index (κ2) is 8.76. The van der Waals surface area contributed by atoms with Crippen molar-refractivity contribution in [3.05, 3.63) is 22.3 Å². The molecule has 2 bridgehead atoms. The van der Waals surface area contributed by atoms with Crippen LogP contribution in [0.15, 0.2) is 21.8 Å². The highest BCUT2D eigenvalue weighted by atomic mass is 32.2. The predicted octanol–water partition coefficient (Wildman–Crippen LogP) is -0.440. The quantitative estimate of drug-likeness (QED) is 0.160. The molecule has 5 aliphatic rings. The molecule has 0 spiro atoms. The Hall–Kier alpha value is -2.68. The van der Waals surface area contributed by atoms with Crippen molar-refractivity contribution >= 4 is 51.7 Å². The Kier molecular flexibility index (Phi) is 6.02. The van der Waals surface area contributed by atoms with Gasteiger partial charge < -0.3 is 30.6 Å². The number of piperidine rings is 3. The number of oxime groups is 1. The summed E-state index contributed by atoms with van der Waals surface area (Å²) in [4.78, 5) is 48.3. The van der Waals surface area contributed by atoms with Gasteiger partial charge in [0.1, 0.15) is 36.5 Å². The lowest BCUT2D eigenvalue weighted by atomic mass is 9.81. The second-order valence-electron chi connectivity index (χ2n) is 9.46. The number of nitrogen functional groups attached to an aromatic ring is 1. The number of thioether (sulfide) groups is 1. The first-order chi connectivity index (χ1) is 16.7. The number of hydrogen-bond acceptors (Lipinski definition) is 10. The Morgan fingerprint density at radius 3 is 2.63 bits per heavy atom. The van der Waals surface area contributed by atoms with Gasteiger partial charge in [-0.25, -0.2) is 9.78 Å². The molecule has 2 amide bonds. The highest BCUT2D eigenvalue weighted by molar-refractivity contribution is 8.00. The number of fused-ring (bicyclic) bond motifs is 4. The molecule has 5 aliphatic heterocycles. The second-order valence-corrected chi connectivity index (χ2v) is 11.5. The molecule has 4 saturated heterocycles. The number of aliphatic carboxylic acids is 1. The van der Waals surface area contributed by atoms with Crippen molar-refractivity contribution in [3.63, 3.8) is 0 Å². The van der Waals surface area contributed by atoms with E-state index in [-0.39, 0.29) is 22.2 Å². The number of β-lactam (4-membered cyclic amide) rings is 1. The monoisotopic (exact) mass is 523 g/mol. The van der Waals surface area contributed by atoms with Gasteiger partial charge in [0.05, 0.1) is 25.2 Å². The molecule has 2 atom stereocenters. The summed E-state index contributed by atoms with van der Waals surface area (Å²) in [5, 5.41) is 28.2. The van der Waals surface area contributed by atoms with Crippen LogP contribution in [0.5, 0.6) is 0 Å². The van der Waals surface area contributed by atoms with Crippen molar-refractivity contribution in [2.45, 2.75) is 36.3 Å². The Bertz CT molecular complexity index is 1120. The lowest BCUT2D eigenvalue weighted by Gasteiger charge is -2.54. The van der Waals surface area contributed by atoms with Crippen LogP contribution in [0.2, 0.25) is 0 Å². The highest BCUT2D eigenvalue weighted by Gasteiger charge is 2.56. The average Bonchev–Trinajstić information content (AvgIpc) is 3.27. The molecule has 12 nitrogen and oxygen atoms in total. The van der Waals surface area contributed by atoms with E-state index in [0.29, 0.717) is 31.6 Å². The minimum absolute atomic E-state index is 0.0150. The summed E-state index contributed by atoms with van der Waals surface area (Å²) >= 11 is 2.58. The molecule has 0 unspecified atom stereocenters. The number of carboxylic acid groups (broad SMARTS) is 1. The number of anilines is 1. The molecule has 4 fully saturated rings. The van der Waals surface area contributed by atoms with Crippen LogP contribution in [-0.4, -0.2) is 104 Å². The van der Waals surface area contributed by atoms with Crippen LogP contribution >= 0.6 is 23.1 Å². The molecular weight excluding hydrogens is 496 g/mol. The van der Waals surface area contributed by atoms with Crippen LogP contribution in [0.1, 0.15) is 25.0 Å². The number of aliphatic hydroxyl groups is 1. The largest absolute Gasteiger partial charge is 0.477 e. The fourth-order valence-electron chi connectivity index (χ4n) is 5.39. The molecule has 35 heavy (non-hydrogen) atoms. The van der Waals surface area contributed by atoms with Crippen molar-refractivity contribution in [1.29, 1.82) is 0 Å². The van der Waals surface area contributed by atoms with Gasteiger partial charge >= 0.3 is 5.97 Å². The molecule has 14 heteroatoms. The number of aromatic nitrogens is 1. The molecule has 0 aromatic carbocycles. The molecule has 0 aliphatic carbocycles. The third-order valence-electron chi connectivity index (χ3n) is 7.38. The number of hydrogen-bond donors (Lipinski definition) is 4. The smallest absolute Gasteiger partial charge is 0.352 e. The third kappa shape index (κ3) is 4.17. The first kappa shape index (κ1) is 24.0. The van der Waals surface area contributed by atoms with Crippen LogP contribution in [0.4, 0.5) is 5.13 Å². The number of carbonyl (C=O) groups is 3. The van der Waals surface area contributed by atoms with Gasteiger partial charge in [0.15, 0.2) is 10.8 Å². The Morgan fingerprint density at radius 2 is 2.06 bits per heavy atom. The minimum Gasteiger partial charge on any atom is -0.477 e. The van der Waals surface area contributed by atoms with Gasteiger partial charge in [0.25, 0.3) is 11.8 Å². The highest BCUT2D eigenvalue weighted by Crippen LogP contribution is 2.43. The third-order valence-corrected chi connectivity index (χ3v) is 9.39. The van der Waals surface area contributed by atoms with Crippen LogP contribution in [0.3, 0.4) is 0 Å². The summed E-state index contributed by atoms with van der Waals surface area (Å²) < 4.78 is 0.745. The standard InChI is InChI=1S/C21H26N6O6S2/c1-33-25-13(12-10-35-20(22)23-12)16(28)24-14-17(29)26-15(19(30)31)11(9-34-18(14)26)8-27-5-2-21(32,3-6-27)4-7-27/h10,14,18,32H,2-9H2,1H3,(H3-,22,23,24,28,30,31)/p+1/b25-13-/t14-,18+,21?,27?/m1/s1. The zero-order valence-electron chi connectivity index (χ0n) is 19.1. The summed E-state index contributed by atoms with van der Waals surface area (Å²) in [5.74, 6) is -1.83. The van der Waals surface area contributed by atoms with Crippen molar-refractivity contribution in [1.82, 2.24) is 15.2 Å². The molecule has 1 aromatic rings. The van der Waals surface area contributed by atoms with Crippen molar-refractivity contribution in [2.75, 3.05) is 44.8 Å². The first-order valence-electron chi connectivity index (χ1n) is 11.3. The number of nitrogens with zero attached hydrogens (tertiary/aromatic N) is 4. The maximum absolute atomic E-state index is 13.1. The number of nitrogens with one attached hydrogen (secondary N) is 1. The molecule has 0 saturated carbocycles. The number of quaternary nitrogens is 1. The lowest BCUT2D eigenvalue weighted by molar-refractivity contribution is -0.940. The molecular formula is C21H27N6O6S2+. The summed E-state index contributed by atoms with van der Waals surface area (Å²) in [7, 11) is 1.29. The van der Waals surface area contributed by atoms with E-state index in [1.165, 1.54) is 23.8 Å². The van der Waals surface area contributed by atoms with Gasteiger partial charge in [0.2, 0.25) is 0 Å². The van der Waals surface area contributed by atoms with Crippen LogP contribution in [0, 0.1) is 0 Å². The Labute approximate surface area is 209 Å². The first-order valence-corrected chi connectivity index (χ1v) is 13.2. The van der Waals surface area contributed by atoms with E-state index >= 15 is 0 Å². The van der Waals surface area contributed by atoms with E-state index in [9.17, 15) is 24.6 Å². The summed E-state index contributed by atoms with van der Waals surface area (Å²) in [6.07, 6.45) is 2.14. The predicted molar refractivity (Wildman–Crippen MR) is 128 cm³/mol. The molecule has 188 valence electrons. The Morgan fingerprint density at radius 1 is 1.37 bits per heavy atom. The summed E-state index contributed by atoms with van der Waals surface area (Å²) in [6, 6.07) is -0.895. The van der Waals surface area contributed by atoms with E-state index in [4.69, 9.17) is 10.6 Å². The SMILES string of the molecule is CO/N=C(\C(=O)N[C@@H]1C(=O)N2C(C(=O)O)=C(C[N+]34CCC(O)(CC3)CC4)CS[C@@H]12)c1csc(N)n1. The normalized spacial score (nSPS) is 32.2. The maximum Gasteiger partial charge on any atom is 0.352 e. The number of nitrogens with two attached hydrogens (primary N) is 1. The van der Waals surface area contributed by atoms with Gasteiger partial charge in [-0.1, -0.05) is 5.16 Å². The molecule has 5 N–H and O–H groups in total. The van der Waals surface area contributed by atoms with Crippen LogP contribution < -0.4 is 11.1 Å². The number of amides is 2. The number of rotatable bonds is 7. The fraction of sp³-hybridized carbons (Fsp3) is 0.571. The van der Waals surface area contributed by atoms with Gasteiger partial charge in [-0.3, -0.25) is 14.5 Å². The van der Waals surface area contributed by atoms with Crippen molar-refractivity contribution < 1.29 is 33.9 Å². The number of carbonyl (C=O) groups excluding carboxylic acids is 2. The van der Waals surface area contributed by atoms with Crippen molar-refractivity contribution in [2.24, 2.45) is 5.16 Å². The van der Waals surface area contributed by atoms with Gasteiger partial charge in [-0.15, -0.1) is 23.1 Å².